The van der Waals surface area contributed by atoms with Gasteiger partial charge in [0, 0.05) is 19.3 Å². The lowest BCUT2D eigenvalue weighted by Crippen LogP contribution is -2.30. The van der Waals surface area contributed by atoms with Crippen LogP contribution in [-0.4, -0.2) is 43.8 Å². The van der Waals surface area contributed by atoms with Crippen molar-refractivity contribution in [3.63, 3.8) is 0 Å². The van der Waals surface area contributed by atoms with Crippen LogP contribution < -0.4 is 4.90 Å². The summed E-state index contributed by atoms with van der Waals surface area (Å²) in [6.45, 7) is 5.19. The third-order valence-electron chi connectivity index (χ3n) is 3.37. The van der Waals surface area contributed by atoms with Crippen LogP contribution in [0.25, 0.3) is 5.82 Å². The van der Waals surface area contributed by atoms with Gasteiger partial charge in [-0.15, -0.1) is 10.2 Å². The van der Waals surface area contributed by atoms with Gasteiger partial charge < -0.3 is 10.0 Å². The smallest absolute Gasteiger partial charge is 0.175 e. The largest absolute Gasteiger partial charge is 0.388 e. The Balaban J connectivity index is 1.80. The second-order valence-corrected chi connectivity index (χ2v) is 5.32. The maximum absolute atomic E-state index is 9.96. The zero-order valence-corrected chi connectivity index (χ0v) is 11.1. The maximum Gasteiger partial charge on any atom is 0.175 e. The average molecular weight is 259 g/mol. The quantitative estimate of drug-likeness (QED) is 0.869. The van der Waals surface area contributed by atoms with Crippen LogP contribution in [0.3, 0.4) is 0 Å². The Morgan fingerprint density at radius 1 is 1.21 bits per heavy atom. The number of anilines is 1. The molecule has 1 atom stereocenters. The van der Waals surface area contributed by atoms with Crippen molar-refractivity contribution in [1.29, 1.82) is 0 Å². The van der Waals surface area contributed by atoms with Gasteiger partial charge in [0.25, 0.3) is 0 Å². The summed E-state index contributed by atoms with van der Waals surface area (Å²) in [5, 5.41) is 22.6. The topological polar surface area (TPSA) is 67.1 Å². The van der Waals surface area contributed by atoms with Crippen LogP contribution in [0.4, 0.5) is 5.82 Å². The Kier molecular flexibility index (Phi) is 2.74. The highest BCUT2D eigenvalue weighted by atomic mass is 16.3. The fraction of sp³-hybridized carbons (Fsp3) is 0.462. The van der Waals surface area contributed by atoms with Crippen molar-refractivity contribution in [2.45, 2.75) is 25.9 Å². The molecule has 1 unspecified atom stereocenters. The minimum Gasteiger partial charge on any atom is -0.388 e. The van der Waals surface area contributed by atoms with Gasteiger partial charge in [0.15, 0.2) is 11.6 Å². The molecule has 0 spiro atoms. The van der Waals surface area contributed by atoms with E-state index >= 15 is 0 Å². The first-order chi connectivity index (χ1) is 9.03. The Bertz CT molecular complexity index is 575. The SMILES string of the molecule is Cc1ccn(-c2ccc(N3CCC(C)(O)C3)nn2)n1. The molecule has 0 bridgehead atoms. The number of rotatable bonds is 2. The number of hydrogen-bond acceptors (Lipinski definition) is 5. The molecule has 3 rings (SSSR count). The van der Waals surface area contributed by atoms with E-state index in [2.05, 4.69) is 15.3 Å². The highest BCUT2D eigenvalue weighted by Gasteiger charge is 2.32. The van der Waals surface area contributed by atoms with E-state index in [-0.39, 0.29) is 0 Å². The summed E-state index contributed by atoms with van der Waals surface area (Å²) in [5.74, 6) is 1.49. The molecule has 0 aromatic carbocycles. The van der Waals surface area contributed by atoms with E-state index in [1.807, 2.05) is 43.1 Å². The third-order valence-corrected chi connectivity index (χ3v) is 3.37. The third kappa shape index (κ3) is 2.44. The number of aromatic nitrogens is 4. The summed E-state index contributed by atoms with van der Waals surface area (Å²) in [6, 6.07) is 5.73. The molecule has 0 aliphatic carbocycles. The lowest BCUT2D eigenvalue weighted by atomic mass is 10.1. The molecule has 19 heavy (non-hydrogen) atoms. The molecule has 6 nitrogen and oxygen atoms in total. The van der Waals surface area contributed by atoms with Crippen LogP contribution in [0.1, 0.15) is 19.0 Å². The van der Waals surface area contributed by atoms with E-state index in [0.29, 0.717) is 12.4 Å². The first kappa shape index (κ1) is 12.1. The number of hydrogen-bond donors (Lipinski definition) is 1. The lowest BCUT2D eigenvalue weighted by molar-refractivity contribution is 0.0839. The van der Waals surface area contributed by atoms with Crippen LogP contribution in [-0.2, 0) is 0 Å². The fourth-order valence-corrected chi connectivity index (χ4v) is 2.29. The van der Waals surface area contributed by atoms with Crippen LogP contribution in [0.5, 0.6) is 0 Å². The Hall–Kier alpha value is -1.95. The molecule has 1 aliphatic heterocycles. The van der Waals surface area contributed by atoms with Crippen LogP contribution in [0.15, 0.2) is 24.4 Å². The van der Waals surface area contributed by atoms with Crippen molar-refractivity contribution in [3.8, 4) is 5.82 Å². The second kappa shape index (κ2) is 4.31. The molecule has 6 heteroatoms. The Morgan fingerprint density at radius 2 is 1.95 bits per heavy atom. The predicted molar refractivity (Wildman–Crippen MR) is 71.3 cm³/mol. The van der Waals surface area contributed by atoms with E-state index in [0.717, 1.165) is 24.5 Å². The van der Waals surface area contributed by atoms with Gasteiger partial charge in [-0.05, 0) is 38.5 Å². The summed E-state index contributed by atoms with van der Waals surface area (Å²) < 4.78 is 1.70. The molecule has 2 aromatic rings. The molecule has 1 saturated heterocycles. The normalized spacial score (nSPS) is 23.0. The standard InChI is InChI=1S/C13H17N5O/c1-10-5-7-18(16-10)12-4-3-11(14-15-12)17-8-6-13(2,19)9-17/h3-5,7,19H,6,8-9H2,1-2H3. The molecule has 1 fully saturated rings. The highest BCUT2D eigenvalue weighted by Crippen LogP contribution is 2.24. The average Bonchev–Trinajstić information content (AvgIpc) is 2.96. The van der Waals surface area contributed by atoms with Gasteiger partial charge >= 0.3 is 0 Å². The van der Waals surface area contributed by atoms with Crippen molar-refractivity contribution < 1.29 is 5.11 Å². The van der Waals surface area contributed by atoms with E-state index in [4.69, 9.17) is 0 Å². The van der Waals surface area contributed by atoms with Gasteiger partial charge in [0.1, 0.15) is 0 Å². The van der Waals surface area contributed by atoms with Gasteiger partial charge in [-0.2, -0.15) is 5.10 Å². The summed E-state index contributed by atoms with van der Waals surface area (Å²) >= 11 is 0. The molecule has 0 saturated carbocycles. The molecular weight excluding hydrogens is 242 g/mol. The van der Waals surface area contributed by atoms with Gasteiger partial charge in [-0.1, -0.05) is 0 Å². The summed E-state index contributed by atoms with van der Waals surface area (Å²) in [4.78, 5) is 2.05. The first-order valence-electron chi connectivity index (χ1n) is 6.37. The van der Waals surface area contributed by atoms with E-state index in [9.17, 15) is 5.11 Å². The molecule has 3 heterocycles. The van der Waals surface area contributed by atoms with Crippen molar-refractivity contribution >= 4 is 5.82 Å². The number of β-amino-alcohol motifs (C(OH)–C–C–N with tert-alkyl or cyclic N) is 1. The molecule has 100 valence electrons. The minimum atomic E-state index is -0.626. The van der Waals surface area contributed by atoms with Gasteiger partial charge in [-0.25, -0.2) is 4.68 Å². The molecule has 0 amide bonds. The number of aliphatic hydroxyl groups is 1. The van der Waals surface area contributed by atoms with Crippen LogP contribution in [0, 0.1) is 6.92 Å². The molecular formula is C13H17N5O. The summed E-state index contributed by atoms with van der Waals surface area (Å²) in [6.07, 6.45) is 2.62. The molecule has 1 aliphatic rings. The number of nitrogens with zero attached hydrogens (tertiary/aromatic N) is 5. The zero-order chi connectivity index (χ0) is 13.5. The molecule has 0 radical (unpaired) electrons. The predicted octanol–water partition coefficient (Wildman–Crippen LogP) is 0.932. The Morgan fingerprint density at radius 3 is 2.47 bits per heavy atom. The lowest BCUT2D eigenvalue weighted by Gasteiger charge is -2.19. The van der Waals surface area contributed by atoms with Crippen LogP contribution >= 0.6 is 0 Å². The van der Waals surface area contributed by atoms with Gasteiger partial charge in [0.05, 0.1) is 11.3 Å². The molecule has 2 aromatic heterocycles. The van der Waals surface area contributed by atoms with E-state index in [1.165, 1.54) is 0 Å². The zero-order valence-electron chi connectivity index (χ0n) is 11.1. The number of aryl methyl sites for hydroxylation is 1. The maximum atomic E-state index is 9.96. The second-order valence-electron chi connectivity index (χ2n) is 5.32. The van der Waals surface area contributed by atoms with Crippen molar-refractivity contribution in [2.24, 2.45) is 0 Å². The highest BCUT2D eigenvalue weighted by molar-refractivity contribution is 5.41. The van der Waals surface area contributed by atoms with Gasteiger partial charge in [0.2, 0.25) is 0 Å². The monoisotopic (exact) mass is 259 g/mol. The minimum absolute atomic E-state index is 0.599. The van der Waals surface area contributed by atoms with Crippen LogP contribution in [0.2, 0.25) is 0 Å². The van der Waals surface area contributed by atoms with E-state index < -0.39 is 5.60 Å². The Labute approximate surface area is 111 Å². The van der Waals surface area contributed by atoms with Gasteiger partial charge in [-0.3, -0.25) is 0 Å². The van der Waals surface area contributed by atoms with E-state index in [1.54, 1.807) is 4.68 Å². The van der Waals surface area contributed by atoms with Crippen molar-refractivity contribution in [2.75, 3.05) is 18.0 Å². The first-order valence-corrected chi connectivity index (χ1v) is 6.37. The summed E-state index contributed by atoms with van der Waals surface area (Å²) in [7, 11) is 0. The fourth-order valence-electron chi connectivity index (χ4n) is 2.29. The summed E-state index contributed by atoms with van der Waals surface area (Å²) in [5.41, 5.74) is 0.320. The molecule has 1 N–H and O–H groups in total. The van der Waals surface area contributed by atoms with Crippen molar-refractivity contribution in [1.82, 2.24) is 20.0 Å². The van der Waals surface area contributed by atoms with Crippen molar-refractivity contribution in [3.05, 3.63) is 30.1 Å².